The second-order valence-corrected chi connectivity index (χ2v) is 4.78. The topological polar surface area (TPSA) is 56.5 Å². The van der Waals surface area contributed by atoms with E-state index in [1.165, 1.54) is 11.0 Å². The van der Waals surface area contributed by atoms with Crippen LogP contribution >= 0.6 is 0 Å². The monoisotopic (exact) mass is 305 g/mol. The molecule has 114 valence electrons. The Hall–Kier alpha value is -3.21. The number of hydrogen-bond acceptors (Lipinski definition) is 4. The Morgan fingerprint density at radius 1 is 1.13 bits per heavy atom. The van der Waals surface area contributed by atoms with Crippen molar-refractivity contribution in [3.8, 4) is 5.75 Å². The molecule has 0 fully saturated rings. The van der Waals surface area contributed by atoms with Gasteiger partial charge in [-0.3, -0.25) is 4.79 Å². The largest absolute Gasteiger partial charge is 0.496 e. The lowest BCUT2D eigenvalue weighted by Gasteiger charge is -2.02. The summed E-state index contributed by atoms with van der Waals surface area (Å²) in [5.41, 5.74) is 1.40. The Morgan fingerprint density at radius 2 is 1.91 bits per heavy atom. The minimum Gasteiger partial charge on any atom is -0.496 e. The molecule has 1 aromatic heterocycles. The summed E-state index contributed by atoms with van der Waals surface area (Å²) >= 11 is 0. The lowest BCUT2D eigenvalue weighted by atomic mass is 10.2. The van der Waals surface area contributed by atoms with Crippen molar-refractivity contribution in [2.75, 3.05) is 7.11 Å². The molecule has 0 N–H and O–H groups in total. The van der Waals surface area contributed by atoms with Crippen molar-refractivity contribution in [2.24, 2.45) is 5.10 Å². The number of allylic oxidation sites excluding steroid dienone is 1. The third kappa shape index (κ3) is 3.18. The Bertz CT molecular complexity index is 942. The summed E-state index contributed by atoms with van der Waals surface area (Å²) in [5, 5.41) is 4.66. The van der Waals surface area contributed by atoms with Crippen LogP contribution in [0, 0.1) is 0 Å². The third-order valence-electron chi connectivity index (χ3n) is 3.34. The Morgan fingerprint density at radius 3 is 2.78 bits per heavy atom. The fraction of sp³-hybridized carbons (Fsp3) is 0.0556. The first-order valence-corrected chi connectivity index (χ1v) is 7.10. The molecule has 0 aliphatic heterocycles. The van der Waals surface area contributed by atoms with Crippen molar-refractivity contribution in [2.45, 2.75) is 0 Å². The van der Waals surface area contributed by atoms with Crippen LogP contribution in [0.5, 0.6) is 5.75 Å². The van der Waals surface area contributed by atoms with E-state index in [-0.39, 0.29) is 5.56 Å². The van der Waals surface area contributed by atoms with Crippen molar-refractivity contribution in [3.63, 3.8) is 0 Å². The predicted molar refractivity (Wildman–Crippen MR) is 91.9 cm³/mol. The fourth-order valence-electron chi connectivity index (χ4n) is 2.20. The van der Waals surface area contributed by atoms with Gasteiger partial charge in [-0.05, 0) is 30.4 Å². The van der Waals surface area contributed by atoms with Crippen molar-refractivity contribution in [1.29, 1.82) is 0 Å². The second kappa shape index (κ2) is 6.70. The highest BCUT2D eigenvalue weighted by molar-refractivity contribution is 5.80. The fourth-order valence-corrected chi connectivity index (χ4v) is 2.20. The number of fused-ring (bicyclic) bond motifs is 1. The van der Waals surface area contributed by atoms with Gasteiger partial charge in [0.15, 0.2) is 0 Å². The number of methoxy groups -OCH3 is 1. The van der Waals surface area contributed by atoms with E-state index in [0.29, 0.717) is 10.9 Å². The zero-order valence-electron chi connectivity index (χ0n) is 12.6. The molecular weight excluding hydrogens is 290 g/mol. The lowest BCUT2D eigenvalue weighted by Crippen LogP contribution is -2.16. The maximum atomic E-state index is 12.3. The second-order valence-electron chi connectivity index (χ2n) is 4.78. The van der Waals surface area contributed by atoms with Gasteiger partial charge in [0, 0.05) is 11.8 Å². The Kier molecular flexibility index (Phi) is 4.29. The molecule has 0 atom stereocenters. The maximum absolute atomic E-state index is 12.3. The van der Waals surface area contributed by atoms with Crippen LogP contribution in [0.25, 0.3) is 17.0 Å². The number of rotatable bonds is 4. The summed E-state index contributed by atoms with van der Waals surface area (Å²) in [6.45, 7) is 0. The van der Waals surface area contributed by atoms with Gasteiger partial charge >= 0.3 is 0 Å². The smallest absolute Gasteiger partial charge is 0.281 e. The van der Waals surface area contributed by atoms with E-state index in [2.05, 4.69) is 10.1 Å². The highest BCUT2D eigenvalue weighted by Gasteiger charge is 2.01. The molecule has 0 aliphatic rings. The molecule has 1 heterocycles. The van der Waals surface area contributed by atoms with Crippen LogP contribution in [0.1, 0.15) is 5.56 Å². The molecule has 3 aromatic rings. The van der Waals surface area contributed by atoms with E-state index >= 15 is 0 Å². The summed E-state index contributed by atoms with van der Waals surface area (Å²) in [6, 6.07) is 14.8. The molecule has 0 amide bonds. The van der Waals surface area contributed by atoms with Crippen molar-refractivity contribution in [3.05, 3.63) is 76.9 Å². The van der Waals surface area contributed by atoms with Gasteiger partial charge in [0.05, 0.1) is 18.0 Å². The summed E-state index contributed by atoms with van der Waals surface area (Å²) in [4.78, 5) is 16.5. The quantitative estimate of drug-likeness (QED) is 0.696. The SMILES string of the molecule is COc1ccccc1/C=C/C=N/n1cnc2ccccc2c1=O. The van der Waals surface area contributed by atoms with Crippen LogP contribution in [0.3, 0.4) is 0 Å². The molecule has 5 heteroatoms. The van der Waals surface area contributed by atoms with E-state index in [1.54, 1.807) is 37.6 Å². The summed E-state index contributed by atoms with van der Waals surface area (Å²) in [5.74, 6) is 0.779. The predicted octanol–water partition coefficient (Wildman–Crippen LogP) is 2.95. The Balaban J connectivity index is 1.85. The molecule has 0 saturated carbocycles. The molecule has 23 heavy (non-hydrogen) atoms. The molecule has 3 rings (SSSR count). The summed E-state index contributed by atoms with van der Waals surface area (Å²) in [7, 11) is 1.63. The van der Waals surface area contributed by atoms with Crippen LogP contribution in [0.15, 0.2) is 70.8 Å². The van der Waals surface area contributed by atoms with Crippen LogP contribution in [0.4, 0.5) is 0 Å². The van der Waals surface area contributed by atoms with Gasteiger partial charge in [-0.1, -0.05) is 30.3 Å². The lowest BCUT2D eigenvalue weighted by molar-refractivity contribution is 0.414. The van der Waals surface area contributed by atoms with Crippen LogP contribution in [-0.4, -0.2) is 23.0 Å². The minimum atomic E-state index is -0.197. The Labute approximate surface area is 133 Å². The van der Waals surface area contributed by atoms with E-state index < -0.39 is 0 Å². The standard InChI is InChI=1S/C18H15N3O2/c1-23-17-11-5-2-7-14(17)8-6-12-20-21-13-19-16-10-4-3-9-15(16)18(21)22/h2-13H,1H3/b8-6+,20-12+. The van der Waals surface area contributed by atoms with Gasteiger partial charge in [0.25, 0.3) is 5.56 Å². The van der Waals surface area contributed by atoms with E-state index in [1.807, 2.05) is 36.4 Å². The number of ether oxygens (including phenoxy) is 1. The summed E-state index contributed by atoms with van der Waals surface area (Å²) in [6.07, 6.45) is 6.57. The van der Waals surface area contributed by atoms with Gasteiger partial charge in [0.1, 0.15) is 12.1 Å². The van der Waals surface area contributed by atoms with Crippen molar-refractivity contribution in [1.82, 2.24) is 9.66 Å². The number of hydrogen-bond donors (Lipinski definition) is 0. The average molecular weight is 305 g/mol. The minimum absolute atomic E-state index is 0.197. The molecule has 0 saturated heterocycles. The maximum Gasteiger partial charge on any atom is 0.281 e. The molecule has 0 radical (unpaired) electrons. The zero-order chi connectivity index (χ0) is 16.1. The average Bonchev–Trinajstić information content (AvgIpc) is 2.61. The molecule has 5 nitrogen and oxygen atoms in total. The number of para-hydroxylation sites is 2. The number of benzene rings is 2. The number of aromatic nitrogens is 2. The molecule has 0 spiro atoms. The first kappa shape index (κ1) is 14.7. The first-order valence-electron chi connectivity index (χ1n) is 7.10. The van der Waals surface area contributed by atoms with Crippen LogP contribution in [-0.2, 0) is 0 Å². The normalized spacial score (nSPS) is 11.5. The number of nitrogens with zero attached hydrogens (tertiary/aromatic N) is 3. The van der Waals surface area contributed by atoms with Gasteiger partial charge in [0.2, 0.25) is 0 Å². The van der Waals surface area contributed by atoms with E-state index in [4.69, 9.17) is 4.74 Å². The third-order valence-corrected chi connectivity index (χ3v) is 3.34. The molecule has 2 aromatic carbocycles. The van der Waals surface area contributed by atoms with Crippen LogP contribution in [0.2, 0.25) is 0 Å². The zero-order valence-corrected chi connectivity index (χ0v) is 12.6. The summed E-state index contributed by atoms with van der Waals surface area (Å²) < 4.78 is 6.48. The van der Waals surface area contributed by atoms with Gasteiger partial charge in [-0.2, -0.15) is 9.78 Å². The molecular formula is C18H15N3O2. The molecule has 0 unspecified atom stereocenters. The van der Waals surface area contributed by atoms with Gasteiger partial charge < -0.3 is 4.74 Å². The van der Waals surface area contributed by atoms with Crippen LogP contribution < -0.4 is 10.3 Å². The van der Waals surface area contributed by atoms with Gasteiger partial charge in [-0.25, -0.2) is 4.98 Å². The first-order chi connectivity index (χ1) is 11.3. The molecule has 0 bridgehead atoms. The van der Waals surface area contributed by atoms with Crippen molar-refractivity contribution < 1.29 is 4.74 Å². The van der Waals surface area contributed by atoms with Gasteiger partial charge in [-0.15, -0.1) is 0 Å². The highest BCUT2D eigenvalue weighted by Crippen LogP contribution is 2.18. The molecule has 0 aliphatic carbocycles. The highest BCUT2D eigenvalue weighted by atomic mass is 16.5. The van der Waals surface area contributed by atoms with Crippen molar-refractivity contribution >= 4 is 23.2 Å². The van der Waals surface area contributed by atoms with E-state index in [9.17, 15) is 4.79 Å². The van der Waals surface area contributed by atoms with E-state index in [0.717, 1.165) is 11.3 Å².